The zero-order valence-electron chi connectivity index (χ0n) is 20.6. The van der Waals surface area contributed by atoms with E-state index in [4.69, 9.17) is 21.1 Å². The number of nitrogens with zero attached hydrogens (tertiary/aromatic N) is 1. The normalized spacial score (nSPS) is 13.9. The maximum Gasteiger partial charge on any atom is 0.339 e. The maximum atomic E-state index is 13.9. The maximum absolute atomic E-state index is 13.9. The summed E-state index contributed by atoms with van der Waals surface area (Å²) in [4.78, 5) is 37.9. The predicted molar refractivity (Wildman–Crippen MR) is 144 cm³/mol. The number of fused-ring (bicyclic) bond motifs is 1. The summed E-state index contributed by atoms with van der Waals surface area (Å²) in [6, 6.07) is 17.2. The third-order valence-corrected chi connectivity index (χ3v) is 8.10. The molecule has 0 radical (unpaired) electrons. The van der Waals surface area contributed by atoms with E-state index in [0.717, 1.165) is 11.4 Å². The Morgan fingerprint density at radius 1 is 0.921 bits per heavy atom. The number of hydrogen-bond donors (Lipinski definition) is 1. The third-order valence-electron chi connectivity index (χ3n) is 5.92. The summed E-state index contributed by atoms with van der Waals surface area (Å²) in [6.45, 7) is 1.69. The summed E-state index contributed by atoms with van der Waals surface area (Å²) in [5.41, 5.74) is 1.26. The largest absolute Gasteiger partial charge is 0.465 e. The highest BCUT2D eigenvalue weighted by atomic mass is 35.5. The number of esters is 2. The monoisotopic (exact) mass is 554 g/mol. The molecule has 0 unspecified atom stereocenters. The van der Waals surface area contributed by atoms with Gasteiger partial charge in [0.15, 0.2) is 4.91 Å². The van der Waals surface area contributed by atoms with Gasteiger partial charge in [0.05, 0.1) is 36.7 Å². The number of rotatable bonds is 6. The van der Waals surface area contributed by atoms with Crippen molar-refractivity contribution in [3.63, 3.8) is 0 Å². The molecular formula is C27H23ClN2O7S. The van der Waals surface area contributed by atoms with Crippen LogP contribution in [-0.2, 0) is 24.3 Å². The molecule has 38 heavy (non-hydrogen) atoms. The van der Waals surface area contributed by atoms with Crippen molar-refractivity contribution in [3.8, 4) is 0 Å². The predicted octanol–water partition coefficient (Wildman–Crippen LogP) is 4.48. The molecule has 0 aromatic heterocycles. The van der Waals surface area contributed by atoms with Crippen LogP contribution >= 0.6 is 11.6 Å². The van der Waals surface area contributed by atoms with Crippen LogP contribution in [0, 0.1) is 0 Å². The van der Waals surface area contributed by atoms with Gasteiger partial charge in [0.2, 0.25) is 0 Å². The lowest BCUT2D eigenvalue weighted by atomic mass is 9.95. The van der Waals surface area contributed by atoms with Gasteiger partial charge >= 0.3 is 11.9 Å². The molecule has 1 aliphatic heterocycles. The number of carbonyl (C=O) groups excluding carboxylic acids is 3. The number of benzene rings is 3. The average molecular weight is 555 g/mol. The second-order valence-corrected chi connectivity index (χ2v) is 10.3. The Balaban J connectivity index is 1.99. The number of carbonyl (C=O) groups is 3. The molecule has 1 amide bonds. The van der Waals surface area contributed by atoms with Gasteiger partial charge in [-0.25, -0.2) is 18.0 Å². The van der Waals surface area contributed by atoms with E-state index in [1.165, 1.54) is 25.3 Å². The first kappa shape index (κ1) is 26.9. The topological polar surface area (TPSA) is 119 Å². The van der Waals surface area contributed by atoms with Gasteiger partial charge in [-0.05, 0) is 48.9 Å². The summed E-state index contributed by atoms with van der Waals surface area (Å²) < 4.78 is 38.5. The number of anilines is 2. The lowest BCUT2D eigenvalue weighted by molar-refractivity contribution is -0.112. The Kier molecular flexibility index (Phi) is 7.56. The first-order chi connectivity index (χ1) is 18.1. The molecular weight excluding hydrogens is 532 g/mol. The van der Waals surface area contributed by atoms with Gasteiger partial charge in [-0.3, -0.25) is 9.10 Å². The van der Waals surface area contributed by atoms with Crippen molar-refractivity contribution in [3.05, 3.63) is 98.9 Å². The molecule has 0 fully saturated rings. The van der Waals surface area contributed by atoms with Crippen molar-refractivity contribution >= 4 is 56.4 Å². The number of amides is 1. The zero-order valence-corrected chi connectivity index (χ0v) is 22.2. The highest BCUT2D eigenvalue weighted by Crippen LogP contribution is 2.44. The summed E-state index contributed by atoms with van der Waals surface area (Å²) in [6.07, 6.45) is 0. The molecule has 0 saturated carbocycles. The van der Waals surface area contributed by atoms with Crippen LogP contribution in [0.1, 0.15) is 38.8 Å². The third kappa shape index (κ3) is 4.75. The molecule has 11 heteroatoms. The molecule has 1 heterocycles. The highest BCUT2D eigenvalue weighted by Gasteiger charge is 2.41. The summed E-state index contributed by atoms with van der Waals surface area (Å²) >= 11 is 6.29. The Labute approximate surface area is 224 Å². The van der Waals surface area contributed by atoms with Gasteiger partial charge in [-0.15, -0.1) is 0 Å². The molecule has 1 aliphatic rings. The molecule has 9 nitrogen and oxygen atoms in total. The van der Waals surface area contributed by atoms with Crippen molar-refractivity contribution in [1.82, 2.24) is 0 Å². The van der Waals surface area contributed by atoms with Crippen LogP contribution in [0.3, 0.4) is 0 Å². The molecule has 4 rings (SSSR count). The van der Waals surface area contributed by atoms with Crippen LogP contribution in [0.5, 0.6) is 0 Å². The SMILES string of the molecule is CCN1c2ccc(Cl)cc2C(c2ccccc2)=C(C(=O)Nc2cc(C(=O)OC)ccc2C(=O)OC)S1(=O)=O. The standard InChI is InChI=1S/C27H23ClN2O7S/c1-4-30-22-13-11-18(28)15-20(22)23(16-8-6-5-7-9-16)24(38(30,34)35)25(31)29-21-14-17(26(32)36-2)10-12-19(21)27(33)37-3/h5-15H,4H2,1-3H3,(H,29,31). The van der Waals surface area contributed by atoms with Crippen molar-refractivity contribution in [2.24, 2.45) is 0 Å². The molecule has 0 atom stereocenters. The van der Waals surface area contributed by atoms with Crippen molar-refractivity contribution in [1.29, 1.82) is 0 Å². The number of sulfonamides is 1. The van der Waals surface area contributed by atoms with Crippen LogP contribution < -0.4 is 9.62 Å². The van der Waals surface area contributed by atoms with Crippen LogP contribution in [0.15, 0.2) is 71.6 Å². The van der Waals surface area contributed by atoms with E-state index in [1.807, 2.05) is 0 Å². The van der Waals surface area contributed by atoms with E-state index in [1.54, 1.807) is 55.5 Å². The Bertz CT molecular complexity index is 1580. The summed E-state index contributed by atoms with van der Waals surface area (Å²) in [5.74, 6) is -2.53. The minimum Gasteiger partial charge on any atom is -0.465 e. The molecule has 0 saturated heterocycles. The van der Waals surface area contributed by atoms with Gasteiger partial charge in [0.25, 0.3) is 15.9 Å². The van der Waals surface area contributed by atoms with E-state index in [9.17, 15) is 22.8 Å². The molecule has 0 bridgehead atoms. The van der Waals surface area contributed by atoms with E-state index in [0.29, 0.717) is 21.8 Å². The van der Waals surface area contributed by atoms with Gasteiger partial charge in [-0.1, -0.05) is 41.9 Å². The minimum atomic E-state index is -4.38. The van der Waals surface area contributed by atoms with Gasteiger partial charge < -0.3 is 14.8 Å². The fourth-order valence-electron chi connectivity index (χ4n) is 4.24. The fraction of sp³-hybridized carbons (Fsp3) is 0.148. The fourth-order valence-corrected chi connectivity index (χ4v) is 6.16. The second-order valence-electron chi connectivity index (χ2n) is 8.10. The second kappa shape index (κ2) is 10.7. The van der Waals surface area contributed by atoms with E-state index in [2.05, 4.69) is 5.32 Å². The van der Waals surface area contributed by atoms with Gasteiger partial charge in [0.1, 0.15) is 0 Å². The summed E-state index contributed by atoms with van der Waals surface area (Å²) in [7, 11) is -2.04. The van der Waals surface area contributed by atoms with E-state index >= 15 is 0 Å². The minimum absolute atomic E-state index is 0.0338. The quantitative estimate of drug-likeness (QED) is 0.446. The van der Waals surface area contributed by atoms with Gasteiger partial charge in [-0.2, -0.15) is 0 Å². The van der Waals surface area contributed by atoms with E-state index < -0.39 is 32.8 Å². The first-order valence-electron chi connectivity index (χ1n) is 11.4. The van der Waals surface area contributed by atoms with Crippen molar-refractivity contribution < 1.29 is 32.3 Å². The Morgan fingerprint density at radius 3 is 2.24 bits per heavy atom. The molecule has 0 spiro atoms. The lowest BCUT2D eigenvalue weighted by Gasteiger charge is -2.33. The van der Waals surface area contributed by atoms with Crippen LogP contribution in [0.4, 0.5) is 11.4 Å². The summed E-state index contributed by atoms with van der Waals surface area (Å²) in [5, 5.41) is 2.87. The number of methoxy groups -OCH3 is 2. The molecule has 3 aromatic rings. The Hall–Kier alpha value is -4.15. The number of nitrogens with one attached hydrogen (secondary N) is 1. The van der Waals surface area contributed by atoms with E-state index in [-0.39, 0.29) is 28.9 Å². The Morgan fingerprint density at radius 2 is 1.61 bits per heavy atom. The van der Waals surface area contributed by atoms with Gasteiger partial charge in [0, 0.05) is 22.7 Å². The molecule has 3 aromatic carbocycles. The van der Waals surface area contributed by atoms with Crippen LogP contribution in [-0.4, -0.2) is 47.0 Å². The van der Waals surface area contributed by atoms with Crippen molar-refractivity contribution in [2.45, 2.75) is 6.92 Å². The smallest absolute Gasteiger partial charge is 0.339 e. The lowest BCUT2D eigenvalue weighted by Crippen LogP contribution is -2.39. The number of hydrogen-bond acceptors (Lipinski definition) is 7. The highest BCUT2D eigenvalue weighted by molar-refractivity contribution is 7.97. The molecule has 196 valence electrons. The number of ether oxygens (including phenoxy) is 2. The van der Waals surface area contributed by atoms with Crippen molar-refractivity contribution in [2.75, 3.05) is 30.4 Å². The first-order valence-corrected chi connectivity index (χ1v) is 13.2. The number of halogens is 1. The molecule has 1 N–H and O–H groups in total. The van der Waals surface area contributed by atoms with Crippen LogP contribution in [0.2, 0.25) is 5.02 Å². The zero-order chi connectivity index (χ0) is 27.6. The van der Waals surface area contributed by atoms with Crippen LogP contribution in [0.25, 0.3) is 5.57 Å². The molecule has 0 aliphatic carbocycles. The average Bonchev–Trinajstić information content (AvgIpc) is 2.91.